The van der Waals surface area contributed by atoms with Gasteiger partial charge in [-0.05, 0) is 37.1 Å². The molecule has 8 heteroatoms. The zero-order valence-electron chi connectivity index (χ0n) is 19.2. The van der Waals surface area contributed by atoms with Gasteiger partial charge in [0.1, 0.15) is 28.9 Å². The molecular weight excluding hydrogens is 424 g/mol. The van der Waals surface area contributed by atoms with Crippen molar-refractivity contribution in [3.05, 3.63) is 68.5 Å². The Labute approximate surface area is 192 Å². The van der Waals surface area contributed by atoms with E-state index in [1.54, 1.807) is 19.1 Å². The lowest BCUT2D eigenvalue weighted by atomic mass is 9.99. The van der Waals surface area contributed by atoms with Gasteiger partial charge in [0, 0.05) is 19.5 Å². The molecule has 1 atom stereocenters. The van der Waals surface area contributed by atoms with Crippen molar-refractivity contribution in [1.82, 2.24) is 0 Å². The van der Waals surface area contributed by atoms with Crippen molar-refractivity contribution in [2.24, 2.45) is 0 Å². The monoisotopic (exact) mass is 452 g/mol. The summed E-state index contributed by atoms with van der Waals surface area (Å²) in [4.78, 5) is 37.8. The molecule has 3 rings (SSSR count). The average Bonchev–Trinajstić information content (AvgIpc) is 2.84. The van der Waals surface area contributed by atoms with Crippen LogP contribution in [-0.4, -0.2) is 44.4 Å². The van der Waals surface area contributed by atoms with E-state index in [4.69, 9.17) is 9.47 Å². The summed E-state index contributed by atoms with van der Waals surface area (Å²) in [5, 5.41) is 12.5. The molecule has 0 aliphatic heterocycles. The maximum absolute atomic E-state index is 12.1. The first-order valence-corrected chi connectivity index (χ1v) is 10.7. The number of nitrogens with one attached hydrogen (secondary N) is 1. The number of aliphatic carboxylic acids is 1. The molecule has 3 aromatic rings. The van der Waals surface area contributed by atoms with Gasteiger partial charge in [0.15, 0.2) is 0 Å². The molecule has 33 heavy (non-hydrogen) atoms. The molecule has 0 aromatic heterocycles. The van der Waals surface area contributed by atoms with Gasteiger partial charge in [-0.2, -0.15) is 0 Å². The Morgan fingerprint density at radius 1 is 0.970 bits per heavy atom. The van der Waals surface area contributed by atoms with Crippen molar-refractivity contribution < 1.29 is 19.4 Å². The second-order valence-electron chi connectivity index (χ2n) is 7.53. The molecule has 0 bridgehead atoms. The quantitative estimate of drug-likeness (QED) is 0.428. The molecule has 174 valence electrons. The molecule has 0 heterocycles. The summed E-state index contributed by atoms with van der Waals surface area (Å²) in [6.45, 7) is 4.83. The standard InChI is InChI=1S/C25H28N2O6/c1-5-27(6-2)22-21(23(28)24(22)29)26-17(25(30)31)14-15-10-12-16(13-11-15)20-18(32-3)8-7-9-19(20)33-4/h7-13,17,26H,5-6,14H2,1-4H3,(H,30,31)/t17-/m0/s1. The van der Waals surface area contributed by atoms with E-state index in [9.17, 15) is 19.5 Å². The van der Waals surface area contributed by atoms with Crippen LogP contribution in [0.5, 0.6) is 11.5 Å². The molecule has 2 N–H and O–H groups in total. The van der Waals surface area contributed by atoms with Crippen LogP contribution in [0.2, 0.25) is 0 Å². The highest BCUT2D eigenvalue weighted by molar-refractivity contribution is 5.83. The summed E-state index contributed by atoms with van der Waals surface area (Å²) in [6.07, 6.45) is 0.134. The largest absolute Gasteiger partial charge is 0.496 e. The summed E-state index contributed by atoms with van der Waals surface area (Å²) >= 11 is 0. The number of hydrogen-bond donors (Lipinski definition) is 2. The fraction of sp³-hybridized carbons (Fsp3) is 0.320. The summed E-state index contributed by atoms with van der Waals surface area (Å²) in [6, 6.07) is 11.8. The third-order valence-corrected chi connectivity index (χ3v) is 5.69. The number of methoxy groups -OCH3 is 2. The molecular formula is C25H28N2O6. The topological polar surface area (TPSA) is 105 Å². The number of rotatable bonds is 11. The number of nitrogens with zero attached hydrogens (tertiary/aromatic N) is 1. The average molecular weight is 453 g/mol. The number of carbonyl (C=O) groups is 1. The first-order valence-electron chi connectivity index (χ1n) is 10.7. The van der Waals surface area contributed by atoms with Gasteiger partial charge in [0.05, 0.1) is 19.8 Å². The van der Waals surface area contributed by atoms with Crippen molar-refractivity contribution >= 4 is 17.3 Å². The van der Waals surface area contributed by atoms with Gasteiger partial charge in [0.25, 0.3) is 10.9 Å². The predicted molar refractivity (Wildman–Crippen MR) is 129 cm³/mol. The normalized spacial score (nSPS) is 11.8. The van der Waals surface area contributed by atoms with Crippen molar-refractivity contribution in [1.29, 1.82) is 0 Å². The number of carboxylic acids is 1. The lowest BCUT2D eigenvalue weighted by molar-refractivity contribution is -0.137. The van der Waals surface area contributed by atoms with E-state index in [0.29, 0.717) is 24.6 Å². The van der Waals surface area contributed by atoms with Crippen LogP contribution in [0.25, 0.3) is 11.1 Å². The first kappa shape index (κ1) is 23.8. The van der Waals surface area contributed by atoms with Crippen molar-refractivity contribution in [2.75, 3.05) is 37.5 Å². The van der Waals surface area contributed by atoms with Crippen molar-refractivity contribution in [3.63, 3.8) is 0 Å². The Kier molecular flexibility index (Phi) is 7.37. The molecule has 8 nitrogen and oxygen atoms in total. The van der Waals surface area contributed by atoms with E-state index < -0.39 is 22.9 Å². The SMILES string of the molecule is CCN(CC)c1c(N[C@@H](Cc2ccc(-c3c(OC)cccc3OC)cc2)C(=O)O)c(=O)c1=O. The molecule has 0 saturated heterocycles. The lowest BCUT2D eigenvalue weighted by Gasteiger charge is -2.26. The number of benzene rings is 2. The molecule has 0 amide bonds. The molecule has 0 aliphatic rings. The fourth-order valence-electron chi connectivity index (χ4n) is 3.91. The molecule has 3 aromatic carbocycles. The summed E-state index contributed by atoms with van der Waals surface area (Å²) in [5.74, 6) is 0.219. The minimum absolute atomic E-state index is 0.0754. The predicted octanol–water partition coefficient (Wildman–Crippen LogP) is 2.92. The summed E-state index contributed by atoms with van der Waals surface area (Å²) in [7, 11) is 3.17. The fourth-order valence-corrected chi connectivity index (χ4v) is 3.91. The second kappa shape index (κ2) is 10.2. The van der Waals surface area contributed by atoms with Crippen LogP contribution in [0, 0.1) is 0 Å². The molecule has 0 radical (unpaired) electrons. The minimum atomic E-state index is -1.11. The summed E-state index contributed by atoms with van der Waals surface area (Å²) < 4.78 is 10.9. The van der Waals surface area contributed by atoms with E-state index in [1.807, 2.05) is 56.3 Å². The highest BCUT2D eigenvalue weighted by Gasteiger charge is 2.29. The van der Waals surface area contributed by atoms with Gasteiger partial charge < -0.3 is 24.8 Å². The number of anilines is 2. The number of ether oxygens (including phenoxy) is 2. The highest BCUT2D eigenvalue weighted by Crippen LogP contribution is 2.38. The zero-order chi connectivity index (χ0) is 24.1. The van der Waals surface area contributed by atoms with Crippen molar-refractivity contribution in [3.8, 4) is 22.6 Å². The van der Waals surface area contributed by atoms with Gasteiger partial charge >= 0.3 is 5.97 Å². The van der Waals surface area contributed by atoms with E-state index in [0.717, 1.165) is 16.7 Å². The molecule has 0 fully saturated rings. The van der Waals surface area contributed by atoms with Crippen LogP contribution >= 0.6 is 0 Å². The van der Waals surface area contributed by atoms with Crippen LogP contribution in [0.4, 0.5) is 11.4 Å². The Balaban J connectivity index is 1.85. The van der Waals surface area contributed by atoms with Crippen LogP contribution in [0.15, 0.2) is 52.1 Å². The van der Waals surface area contributed by atoms with Crippen LogP contribution in [0.1, 0.15) is 19.4 Å². The van der Waals surface area contributed by atoms with Crippen LogP contribution < -0.4 is 30.5 Å². The molecule has 0 aliphatic carbocycles. The Hall–Kier alpha value is -3.81. The second-order valence-corrected chi connectivity index (χ2v) is 7.53. The van der Waals surface area contributed by atoms with E-state index in [-0.39, 0.29) is 17.8 Å². The van der Waals surface area contributed by atoms with Crippen LogP contribution in [-0.2, 0) is 11.2 Å². The zero-order valence-corrected chi connectivity index (χ0v) is 19.2. The smallest absolute Gasteiger partial charge is 0.326 e. The lowest BCUT2D eigenvalue weighted by Crippen LogP contribution is -2.45. The Morgan fingerprint density at radius 3 is 2.03 bits per heavy atom. The maximum atomic E-state index is 12.1. The van der Waals surface area contributed by atoms with Gasteiger partial charge in [-0.25, -0.2) is 4.79 Å². The van der Waals surface area contributed by atoms with Gasteiger partial charge in [-0.15, -0.1) is 0 Å². The summed E-state index contributed by atoms with van der Waals surface area (Å²) in [5.41, 5.74) is 1.49. The van der Waals surface area contributed by atoms with Crippen molar-refractivity contribution in [2.45, 2.75) is 26.3 Å². The minimum Gasteiger partial charge on any atom is -0.496 e. The maximum Gasteiger partial charge on any atom is 0.326 e. The van der Waals surface area contributed by atoms with E-state index >= 15 is 0 Å². The third kappa shape index (κ3) is 4.69. The Bertz CT molecular complexity index is 1170. The highest BCUT2D eigenvalue weighted by atomic mass is 16.5. The first-order chi connectivity index (χ1) is 15.9. The Morgan fingerprint density at radius 2 is 1.55 bits per heavy atom. The molecule has 0 saturated carbocycles. The third-order valence-electron chi connectivity index (χ3n) is 5.69. The van der Waals surface area contributed by atoms with Crippen LogP contribution in [0.3, 0.4) is 0 Å². The van der Waals surface area contributed by atoms with Gasteiger partial charge in [0.2, 0.25) is 0 Å². The number of carboxylic acid groups (broad SMARTS) is 1. The molecule has 0 spiro atoms. The van der Waals surface area contributed by atoms with E-state index in [2.05, 4.69) is 5.32 Å². The molecule has 0 unspecified atom stereocenters. The van der Waals surface area contributed by atoms with Gasteiger partial charge in [-0.1, -0.05) is 30.3 Å². The number of hydrogen-bond acceptors (Lipinski definition) is 7. The van der Waals surface area contributed by atoms with Gasteiger partial charge in [-0.3, -0.25) is 9.59 Å². The van der Waals surface area contributed by atoms with E-state index in [1.165, 1.54) is 0 Å².